The van der Waals surface area contributed by atoms with Crippen molar-refractivity contribution in [3.8, 4) is 0 Å². The van der Waals surface area contributed by atoms with E-state index >= 15 is 0 Å². The van der Waals surface area contributed by atoms with Crippen LogP contribution in [-0.4, -0.2) is 6.29 Å². The number of unbranched alkanes of at least 4 members (excludes halogenated alkanes) is 5. The first kappa shape index (κ1) is 13.2. The number of carbonyl (C=O) groups is 1. The maximum atomic E-state index is 10.0. The molecule has 0 N–H and O–H groups in total. The lowest BCUT2D eigenvalue weighted by molar-refractivity contribution is -0.104. The number of hydrogen-bond acceptors (Lipinski definition) is 1. The number of hydrogen-bond donors (Lipinski definition) is 0. The molecule has 0 aromatic heterocycles. The van der Waals surface area contributed by atoms with Gasteiger partial charge in [0.2, 0.25) is 0 Å². The van der Waals surface area contributed by atoms with E-state index in [1.165, 1.54) is 44.6 Å². The molecule has 0 rings (SSSR count). The Balaban J connectivity index is 3.23. The molecule has 80 valence electrons. The van der Waals surface area contributed by atoms with Crippen molar-refractivity contribution >= 4 is 6.29 Å². The largest absolute Gasteiger partial charge is 0.299 e. The molecule has 0 spiro atoms. The van der Waals surface area contributed by atoms with Gasteiger partial charge in [-0.25, -0.2) is 0 Å². The molecule has 0 amide bonds. The molecule has 0 aliphatic carbocycles. The Morgan fingerprint density at radius 1 is 1.14 bits per heavy atom. The second kappa shape index (κ2) is 10.2. The standard InChI is InChI=1S/C13H22O/c1-3-4-5-6-7-8-10-13(2)11-9-12-14/h9,11-12H,2-8,10H2,1H3/b11-9+. The second-order valence-electron chi connectivity index (χ2n) is 3.67. The normalized spacial score (nSPS) is 10.6. The Hall–Kier alpha value is -0.850. The molecular formula is C13H22O. The van der Waals surface area contributed by atoms with Crippen molar-refractivity contribution in [2.24, 2.45) is 0 Å². The molecule has 0 saturated heterocycles. The summed E-state index contributed by atoms with van der Waals surface area (Å²) in [7, 11) is 0. The van der Waals surface area contributed by atoms with Crippen molar-refractivity contribution in [2.45, 2.75) is 51.9 Å². The van der Waals surface area contributed by atoms with Crippen LogP contribution in [0.15, 0.2) is 24.3 Å². The Labute approximate surface area is 87.9 Å². The maximum absolute atomic E-state index is 10.0. The third-order valence-electron chi connectivity index (χ3n) is 2.26. The lowest BCUT2D eigenvalue weighted by Gasteiger charge is -2.00. The minimum atomic E-state index is 0.798. The highest BCUT2D eigenvalue weighted by Crippen LogP contribution is 2.11. The molecular weight excluding hydrogens is 172 g/mol. The highest BCUT2D eigenvalue weighted by atomic mass is 16.1. The van der Waals surface area contributed by atoms with Crippen molar-refractivity contribution in [2.75, 3.05) is 0 Å². The number of rotatable bonds is 9. The van der Waals surface area contributed by atoms with Crippen molar-refractivity contribution in [1.29, 1.82) is 0 Å². The molecule has 1 nitrogen and oxygen atoms in total. The Morgan fingerprint density at radius 3 is 2.43 bits per heavy atom. The van der Waals surface area contributed by atoms with Crippen LogP contribution in [0.5, 0.6) is 0 Å². The summed E-state index contributed by atoms with van der Waals surface area (Å²) < 4.78 is 0. The predicted molar refractivity (Wildman–Crippen MR) is 62.3 cm³/mol. The smallest absolute Gasteiger partial charge is 0.142 e. The summed E-state index contributed by atoms with van der Waals surface area (Å²) in [5, 5.41) is 0. The van der Waals surface area contributed by atoms with E-state index in [1.54, 1.807) is 6.08 Å². The van der Waals surface area contributed by atoms with Gasteiger partial charge >= 0.3 is 0 Å². The van der Waals surface area contributed by atoms with Gasteiger partial charge in [0.1, 0.15) is 6.29 Å². The molecule has 0 aliphatic heterocycles. The SMILES string of the molecule is C=C(/C=C/C=O)CCCCCCCC. The van der Waals surface area contributed by atoms with Gasteiger partial charge < -0.3 is 0 Å². The quantitative estimate of drug-likeness (QED) is 0.234. The fourth-order valence-electron chi connectivity index (χ4n) is 1.39. The van der Waals surface area contributed by atoms with Crippen molar-refractivity contribution < 1.29 is 4.79 Å². The molecule has 1 heteroatoms. The van der Waals surface area contributed by atoms with Crippen LogP contribution in [0.1, 0.15) is 51.9 Å². The van der Waals surface area contributed by atoms with Crippen molar-refractivity contribution in [3.05, 3.63) is 24.3 Å². The van der Waals surface area contributed by atoms with Gasteiger partial charge in [0.05, 0.1) is 0 Å². The average molecular weight is 194 g/mol. The molecule has 0 radical (unpaired) electrons. The van der Waals surface area contributed by atoms with Gasteiger partial charge in [-0.3, -0.25) is 4.79 Å². The predicted octanol–water partition coefficient (Wildman–Crippen LogP) is 4.05. The van der Waals surface area contributed by atoms with E-state index in [2.05, 4.69) is 13.5 Å². The van der Waals surface area contributed by atoms with Crippen LogP contribution >= 0.6 is 0 Å². The van der Waals surface area contributed by atoms with Crippen molar-refractivity contribution in [3.63, 3.8) is 0 Å². The number of carbonyl (C=O) groups excluding carboxylic acids is 1. The molecule has 0 fully saturated rings. The first-order chi connectivity index (χ1) is 6.81. The molecule has 0 aliphatic rings. The number of allylic oxidation sites excluding steroid dienone is 3. The third kappa shape index (κ3) is 9.24. The van der Waals surface area contributed by atoms with Gasteiger partial charge in [-0.05, 0) is 18.9 Å². The van der Waals surface area contributed by atoms with Gasteiger partial charge in [0.25, 0.3) is 0 Å². The fourth-order valence-corrected chi connectivity index (χ4v) is 1.39. The van der Waals surface area contributed by atoms with Gasteiger partial charge in [0.15, 0.2) is 0 Å². The summed E-state index contributed by atoms with van der Waals surface area (Å²) in [4.78, 5) is 10.0. The van der Waals surface area contributed by atoms with E-state index in [0.29, 0.717) is 0 Å². The van der Waals surface area contributed by atoms with Crippen LogP contribution in [-0.2, 0) is 4.79 Å². The third-order valence-corrected chi connectivity index (χ3v) is 2.26. The number of aldehydes is 1. The summed E-state index contributed by atoms with van der Waals surface area (Å²) in [6.45, 7) is 6.11. The zero-order chi connectivity index (χ0) is 10.6. The van der Waals surface area contributed by atoms with Crippen LogP contribution in [0.25, 0.3) is 0 Å². The Kier molecular flexibility index (Phi) is 9.61. The highest BCUT2D eigenvalue weighted by molar-refractivity contribution is 5.65. The van der Waals surface area contributed by atoms with E-state index in [1.807, 2.05) is 0 Å². The summed E-state index contributed by atoms with van der Waals surface area (Å²) in [5.74, 6) is 0. The lowest BCUT2D eigenvalue weighted by Crippen LogP contribution is -1.81. The molecule has 0 aromatic rings. The first-order valence-electron chi connectivity index (χ1n) is 5.61. The first-order valence-corrected chi connectivity index (χ1v) is 5.61. The van der Waals surface area contributed by atoms with Gasteiger partial charge in [0, 0.05) is 0 Å². The van der Waals surface area contributed by atoms with Crippen molar-refractivity contribution in [1.82, 2.24) is 0 Å². The van der Waals surface area contributed by atoms with Crippen LogP contribution in [0.3, 0.4) is 0 Å². The van der Waals surface area contributed by atoms with E-state index in [0.717, 1.165) is 18.3 Å². The topological polar surface area (TPSA) is 17.1 Å². The molecule has 0 saturated carbocycles. The van der Waals surface area contributed by atoms with E-state index < -0.39 is 0 Å². The zero-order valence-electron chi connectivity index (χ0n) is 9.30. The van der Waals surface area contributed by atoms with Crippen LogP contribution in [0.2, 0.25) is 0 Å². The minimum Gasteiger partial charge on any atom is -0.299 e. The maximum Gasteiger partial charge on any atom is 0.142 e. The summed E-state index contributed by atoms with van der Waals surface area (Å²) in [6, 6.07) is 0. The monoisotopic (exact) mass is 194 g/mol. The molecule has 0 heterocycles. The Morgan fingerprint density at radius 2 is 1.79 bits per heavy atom. The Bertz CT molecular complexity index is 180. The lowest BCUT2D eigenvalue weighted by atomic mass is 10.1. The van der Waals surface area contributed by atoms with Crippen LogP contribution < -0.4 is 0 Å². The fraction of sp³-hybridized carbons (Fsp3) is 0.615. The molecule has 0 bridgehead atoms. The van der Waals surface area contributed by atoms with Gasteiger partial charge in [-0.2, -0.15) is 0 Å². The highest BCUT2D eigenvalue weighted by Gasteiger charge is 1.91. The van der Waals surface area contributed by atoms with E-state index in [-0.39, 0.29) is 0 Å². The van der Waals surface area contributed by atoms with Crippen LogP contribution in [0, 0.1) is 0 Å². The van der Waals surface area contributed by atoms with Crippen LogP contribution in [0.4, 0.5) is 0 Å². The van der Waals surface area contributed by atoms with Gasteiger partial charge in [-0.1, -0.05) is 57.3 Å². The van der Waals surface area contributed by atoms with E-state index in [9.17, 15) is 4.79 Å². The molecule has 0 atom stereocenters. The second-order valence-corrected chi connectivity index (χ2v) is 3.67. The summed E-state index contributed by atoms with van der Waals surface area (Å²) >= 11 is 0. The van der Waals surface area contributed by atoms with E-state index in [4.69, 9.17) is 0 Å². The molecule has 0 aromatic carbocycles. The summed E-state index contributed by atoms with van der Waals surface area (Å²) in [5.41, 5.74) is 1.06. The molecule has 14 heavy (non-hydrogen) atoms. The average Bonchev–Trinajstić information content (AvgIpc) is 2.20. The minimum absolute atomic E-state index is 0.798. The zero-order valence-corrected chi connectivity index (χ0v) is 9.30. The van der Waals surface area contributed by atoms with Gasteiger partial charge in [-0.15, -0.1) is 0 Å². The summed E-state index contributed by atoms with van der Waals surface area (Å²) in [6.07, 6.45) is 13.0. The molecule has 0 unspecified atom stereocenters.